The Labute approximate surface area is 171 Å². The summed E-state index contributed by atoms with van der Waals surface area (Å²) in [6.45, 7) is 1.13. The van der Waals surface area contributed by atoms with E-state index < -0.39 is 5.91 Å². The monoisotopic (exact) mass is 392 g/mol. The molecule has 2 aromatic rings. The highest BCUT2D eigenvalue weighted by Gasteiger charge is 2.35. The van der Waals surface area contributed by atoms with Crippen molar-refractivity contribution < 1.29 is 14.3 Å². The highest BCUT2D eigenvalue weighted by atomic mass is 16.5. The molecule has 0 bridgehead atoms. The Kier molecular flexibility index (Phi) is 5.84. The van der Waals surface area contributed by atoms with Gasteiger partial charge in [0.25, 0.3) is 11.8 Å². The molecule has 2 aliphatic rings. The van der Waals surface area contributed by atoms with E-state index in [2.05, 4.69) is 4.90 Å². The number of piperidine rings is 1. The van der Waals surface area contributed by atoms with E-state index in [1.165, 1.54) is 25.7 Å². The first-order valence-electron chi connectivity index (χ1n) is 10.5. The molecule has 2 aromatic carbocycles. The first kappa shape index (κ1) is 19.5. The summed E-state index contributed by atoms with van der Waals surface area (Å²) in [7, 11) is 0. The number of hydrogen-bond acceptors (Lipinski definition) is 3. The summed E-state index contributed by atoms with van der Waals surface area (Å²) < 4.78 is 5.82. The Bertz CT molecular complexity index is 893. The van der Waals surface area contributed by atoms with Gasteiger partial charge in [-0.2, -0.15) is 0 Å². The molecule has 1 aliphatic carbocycles. The Morgan fingerprint density at radius 1 is 1.00 bits per heavy atom. The van der Waals surface area contributed by atoms with Crippen LogP contribution in [0.5, 0.6) is 5.75 Å². The van der Waals surface area contributed by atoms with E-state index in [1.807, 2.05) is 24.3 Å². The van der Waals surface area contributed by atoms with Gasteiger partial charge in [-0.25, -0.2) is 0 Å². The molecule has 5 heteroatoms. The number of fused-ring (bicyclic) bond motifs is 1. The molecule has 1 aliphatic heterocycles. The Balaban J connectivity index is 1.47. The zero-order valence-electron chi connectivity index (χ0n) is 16.7. The molecule has 29 heavy (non-hydrogen) atoms. The number of nitrogens with two attached hydrogens (primary N) is 1. The molecule has 5 nitrogen and oxygen atoms in total. The Morgan fingerprint density at radius 2 is 1.79 bits per heavy atom. The van der Waals surface area contributed by atoms with Crippen LogP contribution in [-0.2, 0) is 6.61 Å². The van der Waals surface area contributed by atoms with Crippen LogP contribution in [-0.4, -0.2) is 29.3 Å². The number of carbonyl (C=O) groups excluding carboxylic acids is 2. The van der Waals surface area contributed by atoms with Gasteiger partial charge in [0.15, 0.2) is 0 Å². The molecule has 0 aromatic heterocycles. The summed E-state index contributed by atoms with van der Waals surface area (Å²) in [5.41, 5.74) is 7.38. The molecule has 1 saturated heterocycles. The van der Waals surface area contributed by atoms with Gasteiger partial charge in [-0.15, -0.1) is 0 Å². The van der Waals surface area contributed by atoms with Gasteiger partial charge in [0.1, 0.15) is 12.4 Å². The van der Waals surface area contributed by atoms with Crippen molar-refractivity contribution in [3.05, 3.63) is 65.2 Å². The number of hydrogen-bond donors (Lipinski definition) is 1. The third kappa shape index (κ3) is 4.29. The van der Waals surface area contributed by atoms with Gasteiger partial charge in [-0.3, -0.25) is 9.59 Å². The summed E-state index contributed by atoms with van der Waals surface area (Å²) >= 11 is 0. The van der Waals surface area contributed by atoms with Crippen LogP contribution in [0, 0.1) is 5.92 Å². The predicted molar refractivity (Wildman–Crippen MR) is 112 cm³/mol. The summed E-state index contributed by atoms with van der Waals surface area (Å²) in [5, 5.41) is 0. The molecule has 152 valence electrons. The molecule has 0 spiro atoms. The van der Waals surface area contributed by atoms with Gasteiger partial charge in [0.2, 0.25) is 0 Å². The van der Waals surface area contributed by atoms with E-state index in [1.54, 1.807) is 24.3 Å². The smallest absolute Gasteiger partial charge is 0.254 e. The number of likely N-dealkylation sites (tertiary alicyclic amines) is 1. The summed E-state index contributed by atoms with van der Waals surface area (Å²) in [5.74, 6) is 0.730. The Morgan fingerprint density at radius 3 is 2.66 bits per heavy atom. The van der Waals surface area contributed by atoms with Crippen molar-refractivity contribution in [1.29, 1.82) is 0 Å². The van der Waals surface area contributed by atoms with Crippen molar-refractivity contribution in [2.45, 2.75) is 51.2 Å². The topological polar surface area (TPSA) is 72.6 Å². The molecule has 2 N–H and O–H groups in total. The van der Waals surface area contributed by atoms with Crippen molar-refractivity contribution >= 4 is 11.8 Å². The van der Waals surface area contributed by atoms with Crippen LogP contribution in [0.3, 0.4) is 0 Å². The number of rotatable bonds is 5. The van der Waals surface area contributed by atoms with E-state index in [-0.39, 0.29) is 12.5 Å². The number of benzene rings is 2. The number of primary amides is 1. The molecule has 0 unspecified atom stereocenters. The van der Waals surface area contributed by atoms with E-state index in [9.17, 15) is 9.59 Å². The lowest BCUT2D eigenvalue weighted by molar-refractivity contribution is 0.0390. The summed E-state index contributed by atoms with van der Waals surface area (Å²) in [4.78, 5) is 26.9. The molecular weight excluding hydrogens is 364 g/mol. The van der Waals surface area contributed by atoms with Crippen molar-refractivity contribution in [3.8, 4) is 5.75 Å². The lowest BCUT2D eigenvalue weighted by atomic mass is 9.78. The second-order valence-electron chi connectivity index (χ2n) is 8.10. The van der Waals surface area contributed by atoms with Gasteiger partial charge >= 0.3 is 0 Å². The molecule has 0 radical (unpaired) electrons. The number of nitrogens with zero attached hydrogens (tertiary/aromatic N) is 1. The predicted octanol–water partition coefficient (Wildman–Crippen LogP) is 4.16. The summed E-state index contributed by atoms with van der Waals surface area (Å²) in [6.07, 6.45) is 7.24. The minimum Gasteiger partial charge on any atom is -0.488 e. The zero-order valence-corrected chi connectivity index (χ0v) is 16.7. The minimum atomic E-state index is -0.517. The van der Waals surface area contributed by atoms with Crippen LogP contribution in [0.25, 0.3) is 0 Å². The third-order valence-corrected chi connectivity index (χ3v) is 6.22. The number of amides is 2. The van der Waals surface area contributed by atoms with Crippen LogP contribution in [0.15, 0.2) is 48.5 Å². The minimum absolute atomic E-state index is 0.126. The fraction of sp³-hybridized carbons (Fsp3) is 0.417. The van der Waals surface area contributed by atoms with Crippen LogP contribution in [0.4, 0.5) is 0 Å². The Hall–Kier alpha value is -2.82. The SMILES string of the molecule is NC(=O)c1ccccc1OCc1cccc(C(=O)N2CCC[C@H]3CCCC[C@H]32)c1. The largest absolute Gasteiger partial charge is 0.488 e. The van der Waals surface area contributed by atoms with Crippen LogP contribution in [0.1, 0.15) is 64.8 Å². The molecular formula is C24H28N2O3. The van der Waals surface area contributed by atoms with Crippen molar-refractivity contribution in [2.75, 3.05) is 6.54 Å². The molecule has 2 atom stereocenters. The number of carbonyl (C=O) groups is 2. The average molecular weight is 392 g/mol. The lowest BCUT2D eigenvalue weighted by Crippen LogP contribution is -2.49. The highest BCUT2D eigenvalue weighted by Crippen LogP contribution is 2.36. The second-order valence-corrected chi connectivity index (χ2v) is 8.10. The van der Waals surface area contributed by atoms with E-state index in [0.717, 1.165) is 24.9 Å². The maximum absolute atomic E-state index is 13.2. The fourth-order valence-corrected chi connectivity index (χ4v) is 4.79. The van der Waals surface area contributed by atoms with Crippen LogP contribution < -0.4 is 10.5 Å². The maximum Gasteiger partial charge on any atom is 0.254 e. The third-order valence-electron chi connectivity index (χ3n) is 6.22. The molecule has 4 rings (SSSR count). The van der Waals surface area contributed by atoms with Crippen molar-refractivity contribution in [3.63, 3.8) is 0 Å². The molecule has 1 heterocycles. The van der Waals surface area contributed by atoms with Crippen molar-refractivity contribution in [1.82, 2.24) is 4.90 Å². The quantitative estimate of drug-likeness (QED) is 0.830. The van der Waals surface area contributed by atoms with Gasteiger partial charge < -0.3 is 15.4 Å². The fourth-order valence-electron chi connectivity index (χ4n) is 4.79. The van der Waals surface area contributed by atoms with Gasteiger partial charge in [0, 0.05) is 18.2 Å². The lowest BCUT2D eigenvalue weighted by Gasteiger charge is -2.44. The van der Waals surface area contributed by atoms with Crippen LogP contribution >= 0.6 is 0 Å². The van der Waals surface area contributed by atoms with Gasteiger partial charge in [0.05, 0.1) is 5.56 Å². The molecule has 2 fully saturated rings. The normalized spacial score (nSPS) is 21.3. The van der Waals surface area contributed by atoms with E-state index in [0.29, 0.717) is 28.8 Å². The van der Waals surface area contributed by atoms with Crippen LogP contribution in [0.2, 0.25) is 0 Å². The van der Waals surface area contributed by atoms with Gasteiger partial charge in [-0.05, 0) is 61.4 Å². The molecule has 1 saturated carbocycles. The second kappa shape index (κ2) is 8.68. The van der Waals surface area contributed by atoms with Crippen molar-refractivity contribution in [2.24, 2.45) is 11.7 Å². The number of para-hydroxylation sites is 1. The zero-order chi connectivity index (χ0) is 20.2. The summed E-state index contributed by atoms with van der Waals surface area (Å²) in [6, 6.07) is 14.9. The first-order valence-corrected chi connectivity index (χ1v) is 10.5. The highest BCUT2D eigenvalue weighted by molar-refractivity contribution is 5.95. The molecule has 2 amide bonds. The first-order chi connectivity index (χ1) is 14.1. The maximum atomic E-state index is 13.2. The average Bonchev–Trinajstić information content (AvgIpc) is 2.77. The standard InChI is InChI=1S/C24H28N2O3/c25-23(27)20-11-2-4-13-22(20)29-16-17-7-5-9-19(15-17)24(28)26-14-6-10-18-8-1-3-12-21(18)26/h2,4-5,7,9,11,13,15,18,21H,1,3,6,8,10,12,14,16H2,(H2,25,27)/t18-,21-/m1/s1. The van der Waals surface area contributed by atoms with E-state index in [4.69, 9.17) is 10.5 Å². The number of ether oxygens (including phenoxy) is 1. The van der Waals surface area contributed by atoms with Gasteiger partial charge in [-0.1, -0.05) is 37.1 Å². The van der Waals surface area contributed by atoms with E-state index >= 15 is 0 Å².